The van der Waals surface area contributed by atoms with Gasteiger partial charge < -0.3 is 15.5 Å². The first-order chi connectivity index (χ1) is 15.6. The van der Waals surface area contributed by atoms with Gasteiger partial charge in [0.05, 0.1) is 12.0 Å². The lowest BCUT2D eigenvalue weighted by atomic mass is 9.96. The largest absolute Gasteiger partial charge is 0.354 e. The minimum Gasteiger partial charge on any atom is -0.354 e. The summed E-state index contributed by atoms with van der Waals surface area (Å²) in [6.07, 6.45) is 4.10. The quantitative estimate of drug-likeness (QED) is 0.671. The maximum atomic E-state index is 13.0. The Morgan fingerprint density at radius 1 is 1.06 bits per heavy atom. The molecule has 1 aromatic heterocycles. The van der Waals surface area contributed by atoms with Crippen LogP contribution in [0.1, 0.15) is 43.5 Å². The van der Waals surface area contributed by atoms with Crippen molar-refractivity contribution in [3.8, 4) is 0 Å². The number of nitrogens with one attached hydrogen (secondary N) is 2. The maximum Gasteiger partial charge on any atom is 0.321 e. The van der Waals surface area contributed by atoms with Gasteiger partial charge in [-0.3, -0.25) is 9.69 Å². The number of nitrogens with zero attached hydrogens (tertiary/aromatic N) is 2. The van der Waals surface area contributed by atoms with E-state index in [1.807, 2.05) is 30.3 Å². The fourth-order valence-corrected chi connectivity index (χ4v) is 5.53. The normalized spacial score (nSPS) is 21.2. The van der Waals surface area contributed by atoms with Crippen molar-refractivity contribution >= 4 is 29.0 Å². The first kappa shape index (κ1) is 22.8. The Hall–Kier alpha value is -2.38. The van der Waals surface area contributed by atoms with Crippen LogP contribution in [-0.2, 0) is 4.79 Å². The number of benzene rings is 1. The van der Waals surface area contributed by atoms with Gasteiger partial charge in [0, 0.05) is 30.2 Å². The predicted molar refractivity (Wildman–Crippen MR) is 130 cm³/mol. The predicted octanol–water partition coefficient (Wildman–Crippen LogP) is 4.58. The lowest BCUT2D eigenvalue weighted by Crippen LogP contribution is -2.48. The van der Waals surface area contributed by atoms with Crippen molar-refractivity contribution in [3.05, 3.63) is 52.7 Å². The van der Waals surface area contributed by atoms with Gasteiger partial charge in [-0.1, -0.05) is 31.2 Å². The molecule has 6 nitrogen and oxygen atoms in total. The van der Waals surface area contributed by atoms with Crippen molar-refractivity contribution in [1.29, 1.82) is 0 Å². The number of piperidine rings is 2. The van der Waals surface area contributed by atoms with E-state index in [4.69, 9.17) is 0 Å². The SMILES string of the molecule is CC1CCN([C@H](CNC(=O)[C@H]2CCCN(C(=O)Nc3ccccc3)C2)c2cccs2)CC1. The number of hydrogen-bond donors (Lipinski definition) is 2. The molecule has 1 aromatic carbocycles. The maximum absolute atomic E-state index is 13.0. The van der Waals surface area contributed by atoms with Crippen molar-refractivity contribution in [2.24, 2.45) is 11.8 Å². The first-order valence-corrected chi connectivity index (χ1v) is 12.6. The average Bonchev–Trinajstić information content (AvgIpc) is 3.35. The highest BCUT2D eigenvalue weighted by molar-refractivity contribution is 7.10. The molecule has 7 heteroatoms. The smallest absolute Gasteiger partial charge is 0.321 e. The fraction of sp³-hybridized carbons (Fsp3) is 0.520. The van der Waals surface area contributed by atoms with Gasteiger partial charge in [0.1, 0.15) is 0 Å². The number of anilines is 1. The first-order valence-electron chi connectivity index (χ1n) is 11.8. The molecule has 4 rings (SSSR count). The van der Waals surface area contributed by atoms with Crippen molar-refractivity contribution in [3.63, 3.8) is 0 Å². The minimum absolute atomic E-state index is 0.0640. The zero-order valence-corrected chi connectivity index (χ0v) is 19.7. The van der Waals surface area contributed by atoms with Crippen LogP contribution in [0.15, 0.2) is 47.8 Å². The lowest BCUT2D eigenvalue weighted by molar-refractivity contribution is -0.126. The third-order valence-electron chi connectivity index (χ3n) is 6.70. The highest BCUT2D eigenvalue weighted by atomic mass is 32.1. The Kier molecular flexibility index (Phi) is 7.81. The van der Waals surface area contributed by atoms with Crippen LogP contribution in [0.2, 0.25) is 0 Å². The van der Waals surface area contributed by atoms with E-state index < -0.39 is 0 Å². The van der Waals surface area contributed by atoms with Crippen LogP contribution in [0.25, 0.3) is 0 Å². The number of carbonyl (C=O) groups is 2. The van der Waals surface area contributed by atoms with Crippen LogP contribution in [0, 0.1) is 11.8 Å². The molecule has 2 N–H and O–H groups in total. The number of likely N-dealkylation sites (tertiary alicyclic amines) is 2. The minimum atomic E-state index is -0.157. The molecule has 3 heterocycles. The van der Waals surface area contributed by atoms with E-state index >= 15 is 0 Å². The molecule has 2 aliphatic rings. The highest BCUT2D eigenvalue weighted by Crippen LogP contribution is 2.29. The van der Waals surface area contributed by atoms with Gasteiger partial charge in [0.25, 0.3) is 0 Å². The molecule has 2 aromatic rings. The molecule has 32 heavy (non-hydrogen) atoms. The monoisotopic (exact) mass is 454 g/mol. The van der Waals surface area contributed by atoms with E-state index in [1.165, 1.54) is 17.7 Å². The Morgan fingerprint density at radius 2 is 1.84 bits per heavy atom. The summed E-state index contributed by atoms with van der Waals surface area (Å²) in [5.41, 5.74) is 0.777. The van der Waals surface area contributed by atoms with E-state index in [9.17, 15) is 9.59 Å². The molecule has 2 aliphatic heterocycles. The van der Waals surface area contributed by atoms with Gasteiger partial charge in [0.2, 0.25) is 5.91 Å². The van der Waals surface area contributed by atoms with Crippen LogP contribution in [0.4, 0.5) is 10.5 Å². The molecule has 0 unspecified atom stereocenters. The van der Waals surface area contributed by atoms with Crippen molar-refractivity contribution in [2.75, 3.05) is 38.0 Å². The Balaban J connectivity index is 1.32. The summed E-state index contributed by atoms with van der Waals surface area (Å²) in [5.74, 6) is 0.685. The van der Waals surface area contributed by atoms with Crippen molar-refractivity contribution < 1.29 is 9.59 Å². The van der Waals surface area contributed by atoms with Gasteiger partial charge in [-0.05, 0) is 68.3 Å². The zero-order chi connectivity index (χ0) is 22.3. The lowest BCUT2D eigenvalue weighted by Gasteiger charge is -2.37. The number of amides is 3. The number of hydrogen-bond acceptors (Lipinski definition) is 4. The fourth-order valence-electron chi connectivity index (χ4n) is 4.67. The summed E-state index contributed by atoms with van der Waals surface area (Å²) in [7, 11) is 0. The molecule has 0 aliphatic carbocycles. The van der Waals surface area contributed by atoms with E-state index in [-0.39, 0.29) is 23.9 Å². The van der Waals surface area contributed by atoms with Crippen LogP contribution in [0.5, 0.6) is 0 Å². The molecule has 2 saturated heterocycles. The van der Waals surface area contributed by atoms with Crippen LogP contribution >= 0.6 is 11.3 Å². The van der Waals surface area contributed by atoms with Crippen LogP contribution in [0.3, 0.4) is 0 Å². The third-order valence-corrected chi connectivity index (χ3v) is 7.68. The molecule has 3 amide bonds. The number of thiophene rings is 1. The number of carbonyl (C=O) groups excluding carboxylic acids is 2. The molecular formula is C25H34N4O2S. The molecule has 0 radical (unpaired) electrons. The summed E-state index contributed by atoms with van der Waals surface area (Å²) < 4.78 is 0. The summed E-state index contributed by atoms with van der Waals surface area (Å²) in [4.78, 5) is 31.3. The van der Waals surface area contributed by atoms with Gasteiger partial charge in [0.15, 0.2) is 0 Å². The van der Waals surface area contributed by atoms with E-state index in [0.29, 0.717) is 19.6 Å². The number of urea groups is 1. The third kappa shape index (κ3) is 5.90. The standard InChI is InChI=1S/C25H34N4O2S/c1-19-11-14-28(15-12-19)22(23-10-6-16-32-23)17-26-24(30)20-7-5-13-29(18-20)25(31)27-21-8-3-2-4-9-21/h2-4,6,8-10,16,19-20,22H,5,7,11-15,17-18H2,1H3,(H,26,30)(H,27,31)/t20-,22+/m0/s1. The summed E-state index contributed by atoms with van der Waals surface area (Å²) >= 11 is 1.76. The average molecular weight is 455 g/mol. The Morgan fingerprint density at radius 3 is 2.56 bits per heavy atom. The molecular weight excluding hydrogens is 420 g/mol. The van der Waals surface area contributed by atoms with Gasteiger partial charge in [-0.15, -0.1) is 11.3 Å². The summed E-state index contributed by atoms with van der Waals surface area (Å²) in [6, 6.07) is 13.8. The second-order valence-corrected chi connectivity index (χ2v) is 10.1. The van der Waals surface area contributed by atoms with E-state index in [0.717, 1.165) is 37.5 Å². The topological polar surface area (TPSA) is 64.7 Å². The van der Waals surface area contributed by atoms with Crippen molar-refractivity contribution in [2.45, 2.75) is 38.6 Å². The summed E-state index contributed by atoms with van der Waals surface area (Å²) in [6.45, 7) is 6.26. The molecule has 0 bridgehead atoms. The molecule has 2 fully saturated rings. The molecule has 2 atom stereocenters. The highest BCUT2D eigenvalue weighted by Gasteiger charge is 2.30. The Bertz CT molecular complexity index is 865. The Labute approximate surface area is 195 Å². The van der Waals surface area contributed by atoms with Gasteiger partial charge in [-0.25, -0.2) is 4.79 Å². The van der Waals surface area contributed by atoms with Crippen LogP contribution < -0.4 is 10.6 Å². The van der Waals surface area contributed by atoms with Gasteiger partial charge in [-0.2, -0.15) is 0 Å². The zero-order valence-electron chi connectivity index (χ0n) is 18.8. The van der Waals surface area contributed by atoms with Crippen LogP contribution in [-0.4, -0.2) is 54.5 Å². The molecule has 172 valence electrons. The second kappa shape index (κ2) is 11.0. The number of rotatable bonds is 6. The number of para-hydroxylation sites is 1. The van der Waals surface area contributed by atoms with E-state index in [1.54, 1.807) is 16.2 Å². The van der Waals surface area contributed by atoms with E-state index in [2.05, 4.69) is 40.0 Å². The summed E-state index contributed by atoms with van der Waals surface area (Å²) in [5, 5.41) is 8.27. The van der Waals surface area contributed by atoms with Gasteiger partial charge >= 0.3 is 6.03 Å². The second-order valence-electron chi connectivity index (χ2n) is 9.08. The molecule has 0 spiro atoms. The van der Waals surface area contributed by atoms with Crippen molar-refractivity contribution in [1.82, 2.24) is 15.1 Å². The molecule has 0 saturated carbocycles.